The van der Waals surface area contributed by atoms with Gasteiger partial charge in [0.25, 0.3) is 0 Å². The number of nitrogens with zero attached hydrogens (tertiary/aromatic N) is 4. The zero-order chi connectivity index (χ0) is 18.5. The molecule has 0 amide bonds. The molecule has 1 saturated heterocycles. The lowest BCUT2D eigenvalue weighted by molar-refractivity contribution is -0.0494. The highest BCUT2D eigenvalue weighted by Gasteiger charge is 2.50. The topological polar surface area (TPSA) is 91.6 Å². The molecule has 0 aliphatic carbocycles. The van der Waals surface area contributed by atoms with Crippen LogP contribution in [0.4, 0.5) is 13.2 Å². The van der Waals surface area contributed by atoms with E-state index in [-0.39, 0.29) is 55.9 Å². The van der Waals surface area contributed by atoms with Gasteiger partial charge in [0.2, 0.25) is 0 Å². The highest BCUT2D eigenvalue weighted by Crippen LogP contribution is 2.28. The standard InChI is InChI=1S/C13H21F3N6O2S.HI/c1-17-12(18-6-10-21-7-2-5-19-21)20-11-3-8-22(9-4-11)25(23,24)13(14,15)16;/h2,5,7,11H,3-4,6,8-10H2,1H3,(H2,17,18,20);1H. The van der Waals surface area contributed by atoms with E-state index in [1.807, 2.05) is 12.3 Å². The molecule has 0 aromatic carbocycles. The van der Waals surface area contributed by atoms with Crippen LogP contribution >= 0.6 is 24.0 Å². The second-order valence-electron chi connectivity index (χ2n) is 5.54. The van der Waals surface area contributed by atoms with E-state index in [1.165, 1.54) is 0 Å². The first-order valence-corrected chi connectivity index (χ1v) is 9.19. The van der Waals surface area contributed by atoms with Gasteiger partial charge in [0.05, 0.1) is 6.54 Å². The van der Waals surface area contributed by atoms with Crippen LogP contribution in [-0.4, -0.2) is 66.7 Å². The molecule has 1 aliphatic heterocycles. The van der Waals surface area contributed by atoms with Gasteiger partial charge in [-0.05, 0) is 18.9 Å². The Kier molecular flexibility index (Phi) is 8.59. The van der Waals surface area contributed by atoms with Crippen LogP contribution in [0.2, 0.25) is 0 Å². The number of alkyl halides is 3. The van der Waals surface area contributed by atoms with Gasteiger partial charge >= 0.3 is 15.5 Å². The molecule has 0 saturated carbocycles. The third-order valence-corrected chi connectivity index (χ3v) is 5.47. The van der Waals surface area contributed by atoms with E-state index in [0.29, 0.717) is 23.4 Å². The van der Waals surface area contributed by atoms with Gasteiger partial charge < -0.3 is 10.6 Å². The molecular weight excluding hydrogens is 488 g/mol. The summed E-state index contributed by atoms with van der Waals surface area (Å²) in [6, 6.07) is 1.67. The number of piperidine rings is 1. The van der Waals surface area contributed by atoms with Crippen molar-refractivity contribution in [2.24, 2.45) is 4.99 Å². The van der Waals surface area contributed by atoms with Crippen molar-refractivity contribution >= 4 is 40.0 Å². The Morgan fingerprint density at radius 1 is 1.35 bits per heavy atom. The van der Waals surface area contributed by atoms with Crippen LogP contribution < -0.4 is 10.6 Å². The molecule has 0 bridgehead atoms. The zero-order valence-electron chi connectivity index (χ0n) is 14.1. The van der Waals surface area contributed by atoms with Crippen LogP contribution in [0.5, 0.6) is 0 Å². The number of sulfonamides is 1. The summed E-state index contributed by atoms with van der Waals surface area (Å²) < 4.78 is 62.7. The van der Waals surface area contributed by atoms with Crippen molar-refractivity contribution < 1.29 is 21.6 Å². The lowest BCUT2D eigenvalue weighted by Crippen LogP contribution is -2.51. The van der Waals surface area contributed by atoms with Gasteiger partial charge in [0.1, 0.15) is 0 Å². The maximum Gasteiger partial charge on any atom is 0.511 e. The van der Waals surface area contributed by atoms with Gasteiger partial charge in [-0.25, -0.2) is 8.42 Å². The molecular formula is C13H22F3IN6O2S. The molecule has 26 heavy (non-hydrogen) atoms. The molecule has 0 spiro atoms. The molecule has 2 rings (SSSR count). The number of aromatic nitrogens is 2. The number of rotatable bonds is 5. The van der Waals surface area contributed by atoms with Crippen molar-refractivity contribution in [3.8, 4) is 0 Å². The summed E-state index contributed by atoms with van der Waals surface area (Å²) in [6.07, 6.45) is 4.05. The molecule has 13 heteroatoms. The highest BCUT2D eigenvalue weighted by molar-refractivity contribution is 14.0. The summed E-state index contributed by atoms with van der Waals surface area (Å²) in [6.45, 7) is 0.853. The van der Waals surface area contributed by atoms with Crippen LogP contribution in [0.25, 0.3) is 0 Å². The van der Waals surface area contributed by atoms with Gasteiger partial charge in [0, 0.05) is 45.1 Å². The fourth-order valence-electron chi connectivity index (χ4n) is 2.50. The molecule has 0 radical (unpaired) electrons. The van der Waals surface area contributed by atoms with Crippen LogP contribution in [0, 0.1) is 0 Å². The van der Waals surface area contributed by atoms with Crippen molar-refractivity contribution in [1.29, 1.82) is 0 Å². The predicted octanol–water partition coefficient (Wildman–Crippen LogP) is 0.980. The maximum absolute atomic E-state index is 12.6. The Morgan fingerprint density at radius 2 is 2.00 bits per heavy atom. The van der Waals surface area contributed by atoms with Crippen LogP contribution in [0.15, 0.2) is 23.5 Å². The molecule has 1 aromatic rings. The molecule has 1 aromatic heterocycles. The van der Waals surface area contributed by atoms with E-state index in [4.69, 9.17) is 0 Å². The van der Waals surface area contributed by atoms with Gasteiger partial charge in [0.15, 0.2) is 5.96 Å². The summed E-state index contributed by atoms with van der Waals surface area (Å²) in [5.41, 5.74) is -5.25. The number of nitrogens with one attached hydrogen (secondary N) is 2. The average molecular weight is 510 g/mol. The summed E-state index contributed by atoms with van der Waals surface area (Å²) in [5.74, 6) is 0.518. The second-order valence-corrected chi connectivity index (χ2v) is 7.47. The monoisotopic (exact) mass is 510 g/mol. The quantitative estimate of drug-likeness (QED) is 0.350. The largest absolute Gasteiger partial charge is 0.511 e. The molecule has 2 heterocycles. The zero-order valence-corrected chi connectivity index (χ0v) is 17.3. The third-order valence-electron chi connectivity index (χ3n) is 3.84. The predicted molar refractivity (Wildman–Crippen MR) is 102 cm³/mol. The molecule has 1 fully saturated rings. The Morgan fingerprint density at radius 3 is 2.50 bits per heavy atom. The van der Waals surface area contributed by atoms with E-state index in [2.05, 4.69) is 20.7 Å². The summed E-state index contributed by atoms with van der Waals surface area (Å²) >= 11 is 0. The third kappa shape index (κ3) is 5.97. The molecule has 2 N–H and O–H groups in total. The van der Waals surface area contributed by atoms with Gasteiger partial charge in [-0.1, -0.05) is 0 Å². The summed E-state index contributed by atoms with van der Waals surface area (Å²) in [5, 5.41) is 10.3. The normalized spacial score (nSPS) is 17.6. The summed E-state index contributed by atoms with van der Waals surface area (Å²) in [4.78, 5) is 4.06. The minimum absolute atomic E-state index is 0. The second kappa shape index (κ2) is 9.73. The van der Waals surface area contributed by atoms with E-state index in [1.54, 1.807) is 17.9 Å². The lowest BCUT2D eigenvalue weighted by atomic mass is 10.1. The Labute approximate surface area is 167 Å². The number of halogens is 4. The molecule has 150 valence electrons. The highest BCUT2D eigenvalue weighted by atomic mass is 127. The molecule has 0 unspecified atom stereocenters. The number of hydrogen-bond acceptors (Lipinski definition) is 4. The molecule has 8 nitrogen and oxygen atoms in total. The fourth-order valence-corrected chi connectivity index (χ4v) is 3.48. The first-order valence-electron chi connectivity index (χ1n) is 7.75. The van der Waals surface area contributed by atoms with Gasteiger partial charge in [-0.2, -0.15) is 22.6 Å². The average Bonchev–Trinajstić information content (AvgIpc) is 3.06. The number of aliphatic imine (C=N–C) groups is 1. The smallest absolute Gasteiger partial charge is 0.355 e. The SMILES string of the molecule is CN=C(NCCn1cccn1)NC1CCN(S(=O)(=O)C(F)(F)F)CC1.I. The fraction of sp³-hybridized carbons (Fsp3) is 0.692. The van der Waals surface area contributed by atoms with Crippen molar-refractivity contribution in [3.05, 3.63) is 18.5 Å². The van der Waals surface area contributed by atoms with Crippen LogP contribution in [0.3, 0.4) is 0 Å². The Hall–Kier alpha value is -1.09. The lowest BCUT2D eigenvalue weighted by Gasteiger charge is -2.32. The minimum atomic E-state index is -5.25. The van der Waals surface area contributed by atoms with Gasteiger partial charge in [-0.15, -0.1) is 24.0 Å². The Balaban J connectivity index is 0.00000338. The van der Waals surface area contributed by atoms with E-state index in [0.717, 1.165) is 0 Å². The van der Waals surface area contributed by atoms with Crippen molar-refractivity contribution in [2.75, 3.05) is 26.7 Å². The van der Waals surface area contributed by atoms with Crippen molar-refractivity contribution in [2.45, 2.75) is 30.9 Å². The minimum Gasteiger partial charge on any atom is -0.355 e. The van der Waals surface area contributed by atoms with E-state index in [9.17, 15) is 21.6 Å². The number of hydrogen-bond donors (Lipinski definition) is 2. The Bertz CT molecular complexity index is 673. The molecule has 1 aliphatic rings. The van der Waals surface area contributed by atoms with Crippen LogP contribution in [0.1, 0.15) is 12.8 Å². The maximum atomic E-state index is 12.6. The first-order chi connectivity index (χ1) is 11.7. The van der Waals surface area contributed by atoms with Crippen LogP contribution in [-0.2, 0) is 16.6 Å². The first kappa shape index (κ1) is 23.0. The van der Waals surface area contributed by atoms with Gasteiger partial charge in [-0.3, -0.25) is 9.67 Å². The number of guanidine groups is 1. The summed E-state index contributed by atoms with van der Waals surface area (Å²) in [7, 11) is -3.66. The molecule has 0 atom stereocenters. The van der Waals surface area contributed by atoms with E-state index < -0.39 is 15.5 Å². The van der Waals surface area contributed by atoms with E-state index >= 15 is 0 Å². The van der Waals surface area contributed by atoms with Crippen molar-refractivity contribution in [3.63, 3.8) is 0 Å². The van der Waals surface area contributed by atoms with Crippen molar-refractivity contribution in [1.82, 2.24) is 24.7 Å².